The monoisotopic (exact) mass is 1160 g/mol. The van der Waals surface area contributed by atoms with Crippen LogP contribution < -0.4 is 14.2 Å². The van der Waals surface area contributed by atoms with Crippen LogP contribution >= 0.6 is 12.0 Å². The summed E-state index contributed by atoms with van der Waals surface area (Å²) in [6, 6.07) is 74.0. The van der Waals surface area contributed by atoms with Crippen molar-refractivity contribution in [2.45, 2.75) is 73.0 Å². The van der Waals surface area contributed by atoms with Gasteiger partial charge in [-0.15, -0.1) is 4.33 Å². The van der Waals surface area contributed by atoms with E-state index in [9.17, 15) is 22.6 Å². The Labute approximate surface area is 498 Å². The molecule has 0 saturated heterocycles. The van der Waals surface area contributed by atoms with Gasteiger partial charge in [-0.2, -0.15) is 8.42 Å². The summed E-state index contributed by atoms with van der Waals surface area (Å²) < 4.78 is 57.3. The van der Waals surface area contributed by atoms with Gasteiger partial charge >= 0.3 is 0 Å². The molecule has 0 aliphatic heterocycles. The molecule has 1 fully saturated rings. The fourth-order valence-electron chi connectivity index (χ4n) is 12.3. The Bertz CT molecular complexity index is 4150. The summed E-state index contributed by atoms with van der Waals surface area (Å²) in [6.45, 7) is 3.70. The third-order valence-corrected chi connectivity index (χ3v) is 18.2. The Morgan fingerprint density at radius 1 is 0.494 bits per heavy atom. The lowest BCUT2D eigenvalue weighted by Gasteiger charge is -2.38. The summed E-state index contributed by atoms with van der Waals surface area (Å²) in [6.07, 6.45) is 6.16. The molecule has 0 unspecified atom stereocenters. The first-order valence-corrected chi connectivity index (χ1v) is 30.3. The van der Waals surface area contributed by atoms with Crippen molar-refractivity contribution in [1.82, 2.24) is 0 Å². The highest BCUT2D eigenvalue weighted by Crippen LogP contribution is 2.56. The number of carbonyl (C=O) groups excluding carboxylic acids is 2. The van der Waals surface area contributed by atoms with Crippen molar-refractivity contribution < 1.29 is 51.4 Å². The Balaban J connectivity index is 0.694. The van der Waals surface area contributed by atoms with Gasteiger partial charge in [0.05, 0.1) is 27.2 Å². The molecule has 85 heavy (non-hydrogen) atoms. The Kier molecular flexibility index (Phi) is 16.0. The molecule has 13 heteroatoms. The van der Waals surface area contributed by atoms with Crippen molar-refractivity contribution in [2.24, 2.45) is 0 Å². The third-order valence-electron chi connectivity index (χ3n) is 16.6. The quantitative estimate of drug-likeness (QED) is 0.0260. The van der Waals surface area contributed by atoms with E-state index in [0.29, 0.717) is 57.7 Å². The molecule has 0 aromatic heterocycles. The summed E-state index contributed by atoms with van der Waals surface area (Å²) in [5.41, 5.74) is 11.8. The second kappa shape index (κ2) is 24.0. The van der Waals surface area contributed by atoms with Crippen molar-refractivity contribution in [2.75, 3.05) is 0 Å². The molecule has 12 rings (SSSR count). The second-order valence-corrected chi connectivity index (χ2v) is 23.6. The third kappa shape index (κ3) is 11.2. The highest BCUT2D eigenvalue weighted by atomic mass is 32.2. The van der Waals surface area contributed by atoms with Crippen molar-refractivity contribution in [1.29, 1.82) is 0 Å². The number of rotatable bonds is 19. The van der Waals surface area contributed by atoms with Gasteiger partial charge in [0.15, 0.2) is 11.6 Å². The molecule has 0 atom stereocenters. The SMILES string of the molecule is CCc1ccc(C2(c3ccc(Oc4ccc(C(=O)c5ccc(Oc6ccc(C7(c8ccc(Oc9ccc(C(=O)c%10ccc(C)c(S(=O)(=O)O)c%10)cc9SOOO)cc8)CCCCC7)cc6)cc5)cc4)cc3)c3ccccc3-c3ccccc32)cc1. The summed E-state index contributed by atoms with van der Waals surface area (Å²) in [5.74, 6) is 2.75. The van der Waals surface area contributed by atoms with Crippen LogP contribution in [0.2, 0.25) is 0 Å². The van der Waals surface area contributed by atoms with Gasteiger partial charge in [0, 0.05) is 27.7 Å². The zero-order valence-electron chi connectivity index (χ0n) is 46.6. The minimum absolute atomic E-state index is 0.0441. The normalized spacial score (nSPS) is 14.0. The van der Waals surface area contributed by atoms with Crippen LogP contribution in [-0.4, -0.2) is 29.8 Å². The molecule has 0 spiro atoms. The van der Waals surface area contributed by atoms with E-state index < -0.39 is 21.3 Å². The molecule has 424 valence electrons. The first-order valence-electron chi connectivity index (χ1n) is 28.1. The lowest BCUT2D eigenvalue weighted by atomic mass is 9.65. The smallest absolute Gasteiger partial charge is 0.294 e. The summed E-state index contributed by atoms with van der Waals surface area (Å²) in [4.78, 5) is 27.2. The van der Waals surface area contributed by atoms with E-state index in [1.54, 1.807) is 42.5 Å². The minimum Gasteiger partial charge on any atom is -0.457 e. The Hall–Kier alpha value is -8.92. The van der Waals surface area contributed by atoms with E-state index >= 15 is 0 Å². The number of benzene rings is 10. The summed E-state index contributed by atoms with van der Waals surface area (Å²) >= 11 is 0.616. The van der Waals surface area contributed by atoms with Crippen LogP contribution in [-0.2, 0) is 36.7 Å². The van der Waals surface area contributed by atoms with Crippen molar-refractivity contribution in [3.05, 3.63) is 297 Å². The predicted molar refractivity (Wildman–Crippen MR) is 328 cm³/mol. The molecule has 1 saturated carbocycles. The van der Waals surface area contributed by atoms with Gasteiger partial charge in [0.25, 0.3) is 10.1 Å². The molecule has 10 aromatic rings. The van der Waals surface area contributed by atoms with Gasteiger partial charge in [0.1, 0.15) is 34.5 Å². The maximum atomic E-state index is 13.8. The van der Waals surface area contributed by atoms with Crippen molar-refractivity contribution >= 4 is 33.7 Å². The largest absolute Gasteiger partial charge is 0.457 e. The first kappa shape index (κ1) is 56.6. The number of hydrogen-bond donors (Lipinski definition) is 2. The molecule has 0 amide bonds. The fraction of sp³-hybridized carbons (Fsp3) is 0.139. The van der Waals surface area contributed by atoms with Crippen molar-refractivity contribution in [3.8, 4) is 45.6 Å². The zero-order chi connectivity index (χ0) is 58.7. The number of ether oxygens (including phenoxy) is 3. The van der Waals surface area contributed by atoms with E-state index in [0.717, 1.165) is 55.7 Å². The van der Waals surface area contributed by atoms with Gasteiger partial charge in [0.2, 0.25) is 0 Å². The second-order valence-electron chi connectivity index (χ2n) is 21.5. The maximum absolute atomic E-state index is 13.8. The van der Waals surface area contributed by atoms with Crippen molar-refractivity contribution in [3.63, 3.8) is 0 Å². The van der Waals surface area contributed by atoms with E-state index in [1.807, 2.05) is 48.5 Å². The average molecular weight is 1160 g/mol. The summed E-state index contributed by atoms with van der Waals surface area (Å²) in [5, 5.41) is 12.8. The summed E-state index contributed by atoms with van der Waals surface area (Å²) in [7, 11) is -4.56. The van der Waals surface area contributed by atoms with Crippen LogP contribution in [0.25, 0.3) is 11.1 Å². The zero-order valence-corrected chi connectivity index (χ0v) is 48.2. The number of hydrogen-bond acceptors (Lipinski definition) is 11. The lowest BCUT2D eigenvalue weighted by molar-refractivity contribution is -0.432. The molecule has 0 radical (unpaired) electrons. The minimum atomic E-state index is -4.56. The van der Waals surface area contributed by atoms with Gasteiger partial charge < -0.3 is 14.2 Å². The maximum Gasteiger partial charge on any atom is 0.294 e. The Morgan fingerprint density at radius 2 is 0.918 bits per heavy atom. The molecular formula is C72H58O11S2. The van der Waals surface area contributed by atoms with Gasteiger partial charge in [-0.1, -0.05) is 153 Å². The first-order chi connectivity index (χ1) is 41.3. The fourth-order valence-corrected chi connectivity index (χ4v) is 13.5. The standard InChI is InChI=1S/C72H58O11S2/c1-3-48-16-24-55(25-17-48)72(64-13-7-5-11-62(64)63-12-6-8-14-65(63)72)56-30-40-60(41-31-56)80-58-34-21-50(22-35-58)69(73)49-19-32-57(33-20-49)79-59-36-26-53(27-37-59)71(43-9-4-10-44-71)54-28-38-61(39-29-54)81-66-42-23-51(45-67(66)84-83-82-75)70(74)52-18-15-47(2)68(46-52)85(76,77)78/h5-8,11-42,45-46,75H,3-4,9-10,43-44H2,1-2H3,(H,76,77,78). The average Bonchev–Trinajstić information content (AvgIpc) is 1.64. The van der Waals surface area contributed by atoms with Gasteiger partial charge in [-0.25, -0.2) is 5.26 Å². The highest BCUT2D eigenvalue weighted by molar-refractivity contribution is 7.94. The Morgan fingerprint density at radius 3 is 1.41 bits per heavy atom. The number of fused-ring (bicyclic) bond motifs is 3. The predicted octanol–water partition coefficient (Wildman–Crippen LogP) is 17.7. The van der Waals surface area contributed by atoms with E-state index in [-0.39, 0.29) is 37.7 Å². The molecule has 2 aliphatic carbocycles. The number of carbonyl (C=O) groups is 2. The van der Waals surface area contributed by atoms with Crippen LogP contribution in [0.1, 0.15) is 115 Å². The van der Waals surface area contributed by atoms with Crippen LogP contribution in [0.3, 0.4) is 0 Å². The molecule has 11 nitrogen and oxygen atoms in total. The molecule has 0 heterocycles. The van der Waals surface area contributed by atoms with E-state index in [4.69, 9.17) is 23.8 Å². The van der Waals surface area contributed by atoms with E-state index in [2.05, 4.69) is 121 Å². The molecule has 10 aromatic carbocycles. The van der Waals surface area contributed by atoms with Crippen LogP contribution in [0.5, 0.6) is 34.5 Å². The molecular weight excluding hydrogens is 1100 g/mol. The van der Waals surface area contributed by atoms with E-state index in [1.165, 1.54) is 70.1 Å². The number of aryl methyl sites for hydroxylation is 2. The number of ketones is 2. The van der Waals surface area contributed by atoms with Crippen LogP contribution in [0.15, 0.2) is 240 Å². The van der Waals surface area contributed by atoms with Crippen LogP contribution in [0, 0.1) is 6.92 Å². The topological polar surface area (TPSA) is 155 Å². The van der Waals surface area contributed by atoms with Crippen LogP contribution in [0.4, 0.5) is 0 Å². The van der Waals surface area contributed by atoms with Gasteiger partial charge in [-0.3, -0.25) is 14.1 Å². The molecule has 2 aliphatic rings. The van der Waals surface area contributed by atoms with Gasteiger partial charge in [-0.05, 0) is 191 Å². The lowest BCUT2D eigenvalue weighted by Crippen LogP contribution is -2.30. The molecule has 0 bridgehead atoms. The molecule has 2 N–H and O–H groups in total. The highest BCUT2D eigenvalue weighted by Gasteiger charge is 2.46.